The number of sulfone groups is 1. The van der Waals surface area contributed by atoms with Crippen LogP contribution >= 0.6 is 0 Å². The number of hydrogen-bond donors (Lipinski definition) is 1. The Bertz CT molecular complexity index is 647. The first-order valence-corrected chi connectivity index (χ1v) is 6.08. The molecule has 0 radical (unpaired) electrons. The minimum absolute atomic E-state index is 0.139. The molecule has 1 rings (SSSR count). The van der Waals surface area contributed by atoms with E-state index in [1.807, 2.05) is 0 Å². The van der Waals surface area contributed by atoms with Gasteiger partial charge in [-0.2, -0.15) is 26.3 Å². The molecule has 112 valence electrons. The summed E-state index contributed by atoms with van der Waals surface area (Å²) in [5.41, 5.74) is -3.86. The number of carbonyl (C=O) groups is 1. The molecule has 0 bridgehead atoms. The molecular weight excluding hydrogens is 316 g/mol. The Balaban J connectivity index is 3.66. The summed E-state index contributed by atoms with van der Waals surface area (Å²) < 4.78 is 96.4. The van der Waals surface area contributed by atoms with E-state index in [-0.39, 0.29) is 18.2 Å². The number of benzene rings is 1. The number of amides is 1. The van der Waals surface area contributed by atoms with E-state index >= 15 is 0 Å². The Morgan fingerprint density at radius 3 is 1.85 bits per heavy atom. The van der Waals surface area contributed by atoms with Gasteiger partial charge in [-0.15, -0.1) is 0 Å². The fourth-order valence-electron chi connectivity index (χ4n) is 1.19. The van der Waals surface area contributed by atoms with Crippen molar-refractivity contribution < 1.29 is 39.6 Å². The van der Waals surface area contributed by atoms with Crippen molar-refractivity contribution in [1.29, 1.82) is 0 Å². The minimum Gasteiger partial charge on any atom is -0.366 e. The molecule has 0 spiro atoms. The molecule has 0 aliphatic rings. The van der Waals surface area contributed by atoms with Crippen molar-refractivity contribution in [2.24, 2.45) is 5.73 Å². The molecule has 1 aromatic rings. The zero-order valence-corrected chi connectivity index (χ0v) is 10.0. The lowest BCUT2D eigenvalue weighted by Gasteiger charge is -2.12. The van der Waals surface area contributed by atoms with E-state index in [1.165, 1.54) is 0 Å². The van der Waals surface area contributed by atoms with Crippen LogP contribution in [-0.2, 0) is 16.0 Å². The third kappa shape index (κ3) is 3.03. The maximum Gasteiger partial charge on any atom is 0.501 e. The number of carbonyl (C=O) groups excluding carboxylic acids is 1. The predicted molar refractivity (Wildman–Crippen MR) is 53.2 cm³/mol. The van der Waals surface area contributed by atoms with Crippen LogP contribution in [0.3, 0.4) is 0 Å². The largest absolute Gasteiger partial charge is 0.501 e. The molecule has 0 atom stereocenters. The molecule has 0 heterocycles. The van der Waals surface area contributed by atoms with Crippen molar-refractivity contribution in [3.8, 4) is 0 Å². The Kier molecular flexibility index (Phi) is 3.78. The molecule has 0 fully saturated rings. The highest BCUT2D eigenvalue weighted by molar-refractivity contribution is 7.92. The first kappa shape index (κ1) is 16.3. The number of hydrogen-bond acceptors (Lipinski definition) is 3. The van der Waals surface area contributed by atoms with Gasteiger partial charge in [-0.3, -0.25) is 4.79 Å². The van der Waals surface area contributed by atoms with Crippen molar-refractivity contribution in [2.45, 2.75) is 16.6 Å². The van der Waals surface area contributed by atoms with Gasteiger partial charge in [-0.1, -0.05) is 0 Å². The molecule has 0 saturated carbocycles. The SMILES string of the molecule is NC(=O)c1cc(C(F)(F)F)cc(S(=O)(=O)C(F)(F)F)c1. The summed E-state index contributed by atoms with van der Waals surface area (Å²) in [6, 6.07) is 0.0907. The van der Waals surface area contributed by atoms with Gasteiger partial charge in [0.15, 0.2) is 0 Å². The summed E-state index contributed by atoms with van der Waals surface area (Å²) in [7, 11) is -6.02. The van der Waals surface area contributed by atoms with Crippen LogP contribution in [-0.4, -0.2) is 19.8 Å². The van der Waals surface area contributed by atoms with Crippen LogP contribution in [0.25, 0.3) is 0 Å². The number of halogens is 6. The van der Waals surface area contributed by atoms with Gasteiger partial charge in [-0.05, 0) is 18.2 Å². The van der Waals surface area contributed by atoms with Crippen LogP contribution in [0.4, 0.5) is 26.3 Å². The van der Waals surface area contributed by atoms with Gasteiger partial charge >= 0.3 is 11.7 Å². The van der Waals surface area contributed by atoms with E-state index in [2.05, 4.69) is 5.73 Å². The molecule has 0 saturated heterocycles. The first-order chi connectivity index (χ1) is 8.76. The second-order valence-electron chi connectivity index (χ2n) is 3.56. The Morgan fingerprint density at radius 2 is 1.50 bits per heavy atom. The molecule has 0 aliphatic heterocycles. The van der Waals surface area contributed by atoms with Crippen LogP contribution < -0.4 is 5.73 Å². The molecule has 1 aromatic carbocycles. The van der Waals surface area contributed by atoms with E-state index in [0.29, 0.717) is 0 Å². The van der Waals surface area contributed by atoms with Crippen LogP contribution in [0.15, 0.2) is 23.1 Å². The normalized spacial score (nSPS) is 13.3. The molecule has 2 N–H and O–H groups in total. The Morgan fingerprint density at radius 1 is 1.00 bits per heavy atom. The van der Waals surface area contributed by atoms with Gasteiger partial charge in [0, 0.05) is 5.56 Å². The maximum absolute atomic E-state index is 12.5. The van der Waals surface area contributed by atoms with E-state index in [0.717, 1.165) is 0 Å². The Hall–Kier alpha value is -1.78. The second-order valence-corrected chi connectivity index (χ2v) is 5.50. The zero-order valence-electron chi connectivity index (χ0n) is 9.21. The van der Waals surface area contributed by atoms with Gasteiger partial charge in [-0.25, -0.2) is 8.42 Å². The van der Waals surface area contributed by atoms with Crippen LogP contribution in [0, 0.1) is 0 Å². The summed E-state index contributed by atoms with van der Waals surface area (Å²) in [4.78, 5) is 9.09. The average Bonchev–Trinajstić information content (AvgIpc) is 2.25. The van der Waals surface area contributed by atoms with Crippen molar-refractivity contribution in [1.82, 2.24) is 0 Å². The summed E-state index contributed by atoms with van der Waals surface area (Å²) >= 11 is 0. The van der Waals surface area contributed by atoms with Crippen LogP contribution in [0.5, 0.6) is 0 Å². The Labute approximate surface area is 108 Å². The zero-order chi connectivity index (χ0) is 15.9. The summed E-state index contributed by atoms with van der Waals surface area (Å²) in [6.07, 6.45) is -5.14. The molecule has 1 amide bonds. The molecule has 0 aromatic heterocycles. The number of alkyl halides is 6. The van der Waals surface area contributed by atoms with E-state index in [9.17, 15) is 39.6 Å². The third-order valence-corrected chi connectivity index (χ3v) is 3.60. The van der Waals surface area contributed by atoms with E-state index in [1.54, 1.807) is 0 Å². The summed E-state index contributed by atoms with van der Waals surface area (Å²) in [5.74, 6) is -1.49. The number of rotatable bonds is 2. The van der Waals surface area contributed by atoms with Crippen molar-refractivity contribution in [3.63, 3.8) is 0 Å². The lowest BCUT2D eigenvalue weighted by atomic mass is 10.1. The minimum atomic E-state index is -6.02. The van der Waals surface area contributed by atoms with Gasteiger partial charge in [0.05, 0.1) is 10.5 Å². The van der Waals surface area contributed by atoms with Crippen LogP contribution in [0.1, 0.15) is 15.9 Å². The molecule has 4 nitrogen and oxygen atoms in total. The summed E-state index contributed by atoms with van der Waals surface area (Å²) in [5, 5.41) is 0. The average molecular weight is 321 g/mol. The first-order valence-electron chi connectivity index (χ1n) is 4.60. The highest BCUT2D eigenvalue weighted by Gasteiger charge is 2.48. The predicted octanol–water partition coefficient (Wildman–Crippen LogP) is 2.10. The fraction of sp³-hybridized carbons (Fsp3) is 0.222. The highest BCUT2D eigenvalue weighted by atomic mass is 32.2. The van der Waals surface area contributed by atoms with Gasteiger partial charge < -0.3 is 5.73 Å². The molecule has 11 heteroatoms. The summed E-state index contributed by atoms with van der Waals surface area (Å²) in [6.45, 7) is 0. The maximum atomic E-state index is 12.5. The lowest BCUT2D eigenvalue weighted by molar-refractivity contribution is -0.137. The lowest BCUT2D eigenvalue weighted by Crippen LogP contribution is -2.24. The molecule has 0 unspecified atom stereocenters. The molecular formula is C9H5F6NO3S. The number of primary amides is 1. The molecule has 20 heavy (non-hydrogen) atoms. The van der Waals surface area contributed by atoms with E-state index in [4.69, 9.17) is 0 Å². The smallest absolute Gasteiger partial charge is 0.366 e. The van der Waals surface area contributed by atoms with Crippen molar-refractivity contribution >= 4 is 15.7 Å². The second kappa shape index (κ2) is 4.65. The van der Waals surface area contributed by atoms with Crippen molar-refractivity contribution in [2.75, 3.05) is 0 Å². The molecule has 0 aliphatic carbocycles. The quantitative estimate of drug-likeness (QED) is 0.847. The van der Waals surface area contributed by atoms with Gasteiger partial charge in [0.1, 0.15) is 0 Å². The number of nitrogens with two attached hydrogens (primary N) is 1. The van der Waals surface area contributed by atoms with E-state index < -0.39 is 43.5 Å². The highest BCUT2D eigenvalue weighted by Crippen LogP contribution is 2.35. The fourth-order valence-corrected chi connectivity index (χ4v) is 2.03. The topological polar surface area (TPSA) is 77.2 Å². The van der Waals surface area contributed by atoms with Crippen molar-refractivity contribution in [3.05, 3.63) is 29.3 Å². The van der Waals surface area contributed by atoms with Crippen LogP contribution in [0.2, 0.25) is 0 Å². The monoisotopic (exact) mass is 321 g/mol. The standard InChI is InChI=1S/C9H5F6NO3S/c10-8(11,12)5-1-4(7(16)17)2-6(3-5)20(18,19)9(13,14)15/h1-3H,(H2,16,17). The van der Waals surface area contributed by atoms with Gasteiger partial charge in [0.25, 0.3) is 9.84 Å². The third-order valence-electron chi connectivity index (χ3n) is 2.13. The van der Waals surface area contributed by atoms with Gasteiger partial charge in [0.2, 0.25) is 5.91 Å².